The highest BCUT2D eigenvalue weighted by Crippen LogP contribution is 2.34. The highest BCUT2D eigenvalue weighted by molar-refractivity contribution is 5.99. The molecular formula is C18H24O. The summed E-state index contributed by atoms with van der Waals surface area (Å²) in [5.74, 6) is 1.10. The predicted octanol–water partition coefficient (Wildman–Crippen LogP) is 4.78. The third-order valence-corrected chi connectivity index (χ3v) is 3.78. The zero-order valence-electron chi connectivity index (χ0n) is 11.9. The lowest BCUT2D eigenvalue weighted by atomic mass is 9.79. The van der Waals surface area contributed by atoms with Crippen molar-refractivity contribution in [3.8, 4) is 0 Å². The Morgan fingerprint density at radius 2 is 2.26 bits per heavy atom. The van der Waals surface area contributed by atoms with E-state index < -0.39 is 0 Å². The first-order valence-electron chi connectivity index (χ1n) is 7.09. The van der Waals surface area contributed by atoms with Crippen LogP contribution in [0.5, 0.6) is 0 Å². The van der Waals surface area contributed by atoms with Crippen molar-refractivity contribution in [1.82, 2.24) is 0 Å². The molecule has 0 N–H and O–H groups in total. The molecule has 1 nitrogen and oxygen atoms in total. The molecule has 0 radical (unpaired) electrons. The van der Waals surface area contributed by atoms with Crippen LogP contribution < -0.4 is 0 Å². The van der Waals surface area contributed by atoms with E-state index >= 15 is 0 Å². The van der Waals surface area contributed by atoms with Crippen LogP contribution in [-0.2, 0) is 4.79 Å². The molecule has 0 heterocycles. The van der Waals surface area contributed by atoms with Gasteiger partial charge in [-0.3, -0.25) is 4.79 Å². The largest absolute Gasteiger partial charge is 0.289 e. The highest BCUT2D eigenvalue weighted by atomic mass is 16.1. The summed E-state index contributed by atoms with van der Waals surface area (Å²) in [6.45, 7) is 9.50. The fraction of sp³-hybridized carbons (Fsp3) is 0.444. The monoisotopic (exact) mass is 256 g/mol. The number of carbonyl (C=O) groups is 1. The molecule has 1 aliphatic carbocycles. The fourth-order valence-corrected chi connectivity index (χ4v) is 2.82. The first kappa shape index (κ1) is 15.5. The Morgan fingerprint density at radius 1 is 1.47 bits per heavy atom. The van der Waals surface area contributed by atoms with Gasteiger partial charge >= 0.3 is 0 Å². The van der Waals surface area contributed by atoms with Crippen molar-refractivity contribution in [2.75, 3.05) is 0 Å². The normalized spacial score (nSPS) is 23.3. The minimum atomic E-state index is -0.0186. The number of hydrogen-bond donors (Lipinski definition) is 0. The van der Waals surface area contributed by atoms with E-state index in [0.29, 0.717) is 11.8 Å². The van der Waals surface area contributed by atoms with Crippen LogP contribution in [0.2, 0.25) is 0 Å². The summed E-state index contributed by atoms with van der Waals surface area (Å²) in [7, 11) is 0. The highest BCUT2D eigenvalue weighted by Gasteiger charge is 2.23. The molecule has 1 heteroatoms. The predicted molar refractivity (Wildman–Crippen MR) is 81.9 cm³/mol. The second-order valence-corrected chi connectivity index (χ2v) is 5.02. The molecule has 2 atom stereocenters. The first-order chi connectivity index (χ1) is 9.22. The van der Waals surface area contributed by atoms with Crippen LogP contribution in [0.15, 0.2) is 54.8 Å². The van der Waals surface area contributed by atoms with Gasteiger partial charge in [-0.15, -0.1) is 12.3 Å². The fourth-order valence-electron chi connectivity index (χ4n) is 2.82. The molecule has 1 rings (SSSR count). The maximum atomic E-state index is 11.8. The summed E-state index contributed by atoms with van der Waals surface area (Å²) in [6, 6.07) is 0. The zero-order valence-corrected chi connectivity index (χ0v) is 11.9. The summed E-state index contributed by atoms with van der Waals surface area (Å²) in [4.78, 5) is 11.8. The molecule has 1 aliphatic rings. The Morgan fingerprint density at radius 3 is 2.89 bits per heavy atom. The number of carbonyl (C=O) groups excluding carboxylic acids is 1. The number of ketones is 1. The van der Waals surface area contributed by atoms with E-state index in [-0.39, 0.29) is 5.78 Å². The maximum absolute atomic E-state index is 11.8. The Bertz CT molecular complexity index is 419. The molecule has 0 aromatic heterocycles. The molecule has 0 bridgehead atoms. The van der Waals surface area contributed by atoms with E-state index in [0.717, 1.165) is 25.7 Å². The van der Waals surface area contributed by atoms with Crippen LogP contribution in [0.3, 0.4) is 0 Å². The van der Waals surface area contributed by atoms with Crippen molar-refractivity contribution in [1.29, 1.82) is 0 Å². The van der Waals surface area contributed by atoms with Gasteiger partial charge in [-0.2, -0.15) is 0 Å². The topological polar surface area (TPSA) is 17.1 Å². The van der Waals surface area contributed by atoms with Crippen molar-refractivity contribution in [3.05, 3.63) is 54.8 Å². The van der Waals surface area contributed by atoms with Crippen molar-refractivity contribution in [2.24, 2.45) is 11.8 Å². The minimum Gasteiger partial charge on any atom is -0.289 e. The molecule has 0 aromatic carbocycles. The Kier molecular flexibility index (Phi) is 6.92. The average Bonchev–Trinajstić information content (AvgIpc) is 2.63. The van der Waals surface area contributed by atoms with Gasteiger partial charge < -0.3 is 0 Å². The average molecular weight is 256 g/mol. The van der Waals surface area contributed by atoms with Gasteiger partial charge in [-0.25, -0.2) is 0 Å². The molecule has 0 fully saturated rings. The Labute approximate surface area is 117 Å². The summed E-state index contributed by atoms with van der Waals surface area (Å²) < 4.78 is 0. The molecule has 102 valence electrons. The molecule has 0 aliphatic heterocycles. The molecule has 2 unspecified atom stereocenters. The molecule has 19 heavy (non-hydrogen) atoms. The van der Waals surface area contributed by atoms with Crippen molar-refractivity contribution >= 4 is 5.78 Å². The summed E-state index contributed by atoms with van der Waals surface area (Å²) in [5.41, 5.74) is 3.75. The Hall–Kier alpha value is -1.59. The molecule has 0 amide bonds. The standard InChI is InChI=1S/C18H24O/c1-4-10-16(14-17(19)11-5-2)18-13-9-7-8-12-15(18)6-3/h4,7,9,11,14-15,18H,1-2,6,8,10,12-13H2,3H3/b16-14+. The van der Waals surface area contributed by atoms with E-state index in [1.54, 1.807) is 6.08 Å². The van der Waals surface area contributed by atoms with E-state index in [4.69, 9.17) is 0 Å². The quantitative estimate of drug-likeness (QED) is 0.379. The SMILES string of the molecule is C=C=CC(=O)/C=C(\CC=C)C1CC=CCCC1CC. The van der Waals surface area contributed by atoms with E-state index in [9.17, 15) is 4.79 Å². The van der Waals surface area contributed by atoms with Crippen LogP contribution in [0.4, 0.5) is 0 Å². The summed E-state index contributed by atoms with van der Waals surface area (Å²) >= 11 is 0. The molecule has 0 aromatic rings. The van der Waals surface area contributed by atoms with E-state index in [1.807, 2.05) is 6.08 Å². The number of hydrogen-bond acceptors (Lipinski definition) is 1. The van der Waals surface area contributed by atoms with Gasteiger partial charge in [0.2, 0.25) is 0 Å². The second-order valence-electron chi connectivity index (χ2n) is 5.02. The molecule has 0 spiro atoms. The van der Waals surface area contributed by atoms with Crippen molar-refractivity contribution in [2.45, 2.75) is 39.0 Å². The number of allylic oxidation sites excluding steroid dienone is 6. The van der Waals surface area contributed by atoms with Crippen LogP contribution >= 0.6 is 0 Å². The van der Waals surface area contributed by atoms with Crippen LogP contribution in [-0.4, -0.2) is 5.78 Å². The molecular weight excluding hydrogens is 232 g/mol. The lowest BCUT2D eigenvalue weighted by Crippen LogP contribution is -2.16. The maximum Gasteiger partial charge on any atom is 0.186 e. The van der Waals surface area contributed by atoms with Crippen LogP contribution in [0.1, 0.15) is 39.0 Å². The van der Waals surface area contributed by atoms with Gasteiger partial charge in [0.25, 0.3) is 0 Å². The van der Waals surface area contributed by atoms with Gasteiger partial charge in [-0.1, -0.05) is 43.7 Å². The smallest absolute Gasteiger partial charge is 0.186 e. The first-order valence-corrected chi connectivity index (χ1v) is 7.09. The van der Waals surface area contributed by atoms with Crippen molar-refractivity contribution in [3.63, 3.8) is 0 Å². The lowest BCUT2D eigenvalue weighted by Gasteiger charge is -2.26. The lowest BCUT2D eigenvalue weighted by molar-refractivity contribution is -0.110. The van der Waals surface area contributed by atoms with Gasteiger partial charge in [0.1, 0.15) is 0 Å². The van der Waals surface area contributed by atoms with E-state index in [1.165, 1.54) is 18.1 Å². The van der Waals surface area contributed by atoms with Gasteiger partial charge in [-0.05, 0) is 43.6 Å². The van der Waals surface area contributed by atoms with E-state index in [2.05, 4.69) is 38.0 Å². The van der Waals surface area contributed by atoms with Gasteiger partial charge in [0.05, 0.1) is 0 Å². The molecule has 0 saturated carbocycles. The van der Waals surface area contributed by atoms with Crippen molar-refractivity contribution < 1.29 is 4.79 Å². The summed E-state index contributed by atoms with van der Waals surface area (Å²) in [6.07, 6.45) is 14.9. The van der Waals surface area contributed by atoms with Crippen LogP contribution in [0, 0.1) is 11.8 Å². The van der Waals surface area contributed by atoms with Gasteiger partial charge in [0.15, 0.2) is 5.78 Å². The Balaban J connectivity index is 3.00. The summed E-state index contributed by atoms with van der Waals surface area (Å²) in [5, 5.41) is 0. The third kappa shape index (κ3) is 4.89. The second kappa shape index (κ2) is 8.50. The minimum absolute atomic E-state index is 0.0186. The van der Waals surface area contributed by atoms with Crippen LogP contribution in [0.25, 0.3) is 0 Å². The van der Waals surface area contributed by atoms with Gasteiger partial charge in [0, 0.05) is 6.08 Å². The number of rotatable bonds is 6. The molecule has 0 saturated heterocycles. The zero-order chi connectivity index (χ0) is 14.1. The third-order valence-electron chi connectivity index (χ3n) is 3.78.